The molecular weight excluding hydrogens is 1120 g/mol. The predicted octanol–water partition coefficient (Wildman–Crippen LogP) is 7.04. The largest absolute Gasteiger partial charge is 0.412 e. The minimum atomic E-state index is -1.38. The van der Waals surface area contributed by atoms with E-state index in [-0.39, 0.29) is 83.4 Å². The molecule has 0 bridgehead atoms. The zero-order chi connectivity index (χ0) is 49.6. The number of aliphatic hydroxyl groups is 12. The first-order valence-electron chi connectivity index (χ1n) is 19.9. The van der Waals surface area contributed by atoms with E-state index in [9.17, 15) is 0 Å². The van der Waals surface area contributed by atoms with Gasteiger partial charge in [0.2, 0.25) is 0 Å². The van der Waals surface area contributed by atoms with Crippen LogP contribution in [-0.2, 0) is 77.9 Å². The number of aliphatic hydroxyl groups excluding tert-OH is 6. The fourth-order valence-corrected chi connectivity index (χ4v) is 4.83. The van der Waals surface area contributed by atoms with Gasteiger partial charge in [0.15, 0.2) is 37.7 Å². The smallest absolute Gasteiger partial charge is 0.178 e. The molecule has 6 aromatic carbocycles. The third kappa shape index (κ3) is 31.7. The van der Waals surface area contributed by atoms with Gasteiger partial charge in [0.05, 0.1) is 0 Å². The molecule has 13 nitrogen and oxygen atoms in total. The van der Waals surface area contributed by atoms with Crippen LogP contribution in [-0.4, -0.2) is 66.8 Å². The summed E-state index contributed by atoms with van der Waals surface area (Å²) in [7, 11) is 0. The summed E-state index contributed by atoms with van der Waals surface area (Å²) in [5.41, 5.74) is 8.78. The molecular formula is C54H62O13Zn4. The number of hydrogen-bond acceptors (Lipinski definition) is 12. The van der Waals surface area contributed by atoms with E-state index in [1.165, 1.54) is 0 Å². The molecule has 0 aliphatic rings. The van der Waals surface area contributed by atoms with Gasteiger partial charge >= 0.3 is 0 Å². The molecule has 0 radical (unpaired) electrons. The van der Waals surface area contributed by atoms with Crippen LogP contribution in [0.4, 0.5) is 0 Å². The zero-order valence-corrected chi connectivity index (χ0v) is 51.6. The Hall–Kier alpha value is -4.27. The summed E-state index contributed by atoms with van der Waals surface area (Å²) in [6.07, 6.45) is 1.93. The molecule has 6 rings (SSSR count). The maximum Gasteiger partial charge on any atom is 0.178 e. The summed E-state index contributed by atoms with van der Waals surface area (Å²) in [5.74, 6) is 0. The van der Waals surface area contributed by atoms with Crippen LogP contribution in [0.3, 0.4) is 0 Å². The molecule has 0 heterocycles. The Labute approximate surface area is 467 Å². The average molecular weight is 1180 g/mol. The van der Waals surface area contributed by atoms with E-state index < -0.39 is 37.7 Å². The fourth-order valence-electron chi connectivity index (χ4n) is 4.83. The van der Waals surface area contributed by atoms with Crippen LogP contribution in [0.15, 0.2) is 185 Å². The molecule has 71 heavy (non-hydrogen) atoms. The number of hydrogen-bond donors (Lipinski definition) is 12. The van der Waals surface area contributed by atoms with E-state index in [4.69, 9.17) is 61.3 Å². The second-order valence-electron chi connectivity index (χ2n) is 13.5. The van der Waals surface area contributed by atoms with Crippen molar-refractivity contribution in [3.63, 3.8) is 0 Å². The summed E-state index contributed by atoms with van der Waals surface area (Å²) in [6.45, 7) is 21.5. The number of benzene rings is 6. The maximum atomic E-state index is 8.72. The molecule has 14 N–H and O–H groups in total. The molecule has 364 valence electrons. The Balaban J connectivity index is -0.000000242. The summed E-state index contributed by atoms with van der Waals surface area (Å²) in [5, 5.41) is 105. The van der Waals surface area contributed by atoms with Gasteiger partial charge in [-0.05, 0) is 33.4 Å². The van der Waals surface area contributed by atoms with Crippen LogP contribution in [0.25, 0.3) is 36.5 Å². The summed E-state index contributed by atoms with van der Waals surface area (Å²) in [4.78, 5) is 0. The molecule has 0 aromatic heterocycles. The molecule has 0 saturated heterocycles. The van der Waals surface area contributed by atoms with Gasteiger partial charge < -0.3 is 66.8 Å². The van der Waals surface area contributed by atoms with Crippen molar-refractivity contribution in [3.8, 4) is 0 Å². The van der Waals surface area contributed by atoms with Crippen LogP contribution in [0.2, 0.25) is 0 Å². The molecule has 0 spiro atoms. The normalized spacial score (nSPS) is 9.38. The van der Waals surface area contributed by atoms with E-state index in [0.717, 1.165) is 33.4 Å². The Morgan fingerprint density at radius 3 is 0.352 bits per heavy atom. The van der Waals surface area contributed by atoms with Crippen molar-refractivity contribution in [1.29, 1.82) is 0 Å². The molecule has 0 saturated carbocycles. The van der Waals surface area contributed by atoms with Crippen molar-refractivity contribution < 1.29 is 145 Å². The van der Waals surface area contributed by atoms with Gasteiger partial charge in [-0.25, -0.2) is 0 Å². The van der Waals surface area contributed by atoms with E-state index in [2.05, 4.69) is 39.5 Å². The predicted molar refractivity (Wildman–Crippen MR) is 266 cm³/mol. The van der Waals surface area contributed by atoms with Crippen LogP contribution in [0.5, 0.6) is 0 Å². The molecule has 0 fully saturated rings. The maximum absolute atomic E-state index is 8.72. The van der Waals surface area contributed by atoms with Gasteiger partial charge in [0, 0.05) is 111 Å². The Bertz CT molecular complexity index is 1870. The van der Waals surface area contributed by atoms with E-state index >= 15 is 0 Å². The second kappa shape index (κ2) is 43.3. The zero-order valence-electron chi connectivity index (χ0n) is 39.7. The second-order valence-corrected chi connectivity index (χ2v) is 13.5. The quantitative estimate of drug-likeness (QED) is 0.0435. The minimum absolute atomic E-state index is 0. The van der Waals surface area contributed by atoms with Crippen molar-refractivity contribution in [2.24, 2.45) is 0 Å². The van der Waals surface area contributed by atoms with Crippen molar-refractivity contribution in [1.82, 2.24) is 0 Å². The van der Waals surface area contributed by atoms with E-state index in [0.29, 0.717) is 33.4 Å². The van der Waals surface area contributed by atoms with E-state index in [1.54, 1.807) is 182 Å². The Morgan fingerprint density at radius 1 is 0.211 bits per heavy atom. The van der Waals surface area contributed by atoms with Crippen molar-refractivity contribution in [2.45, 2.75) is 37.7 Å². The van der Waals surface area contributed by atoms with Gasteiger partial charge in [-0.3, -0.25) is 0 Å². The third-order valence-electron chi connectivity index (χ3n) is 8.82. The first-order valence-corrected chi connectivity index (χ1v) is 19.9. The first kappa shape index (κ1) is 75.7. The molecule has 0 aliphatic heterocycles. The molecule has 0 unspecified atom stereocenters. The molecule has 17 heteroatoms. The molecule has 6 aromatic rings. The van der Waals surface area contributed by atoms with Gasteiger partial charge in [-0.2, -0.15) is 0 Å². The fraction of sp³-hybridized carbons (Fsp3) is 0.111. The molecule has 0 amide bonds. The molecule has 0 aliphatic carbocycles. The summed E-state index contributed by atoms with van der Waals surface area (Å²) in [6, 6.07) is 41.2. The first-order chi connectivity index (χ1) is 31.4. The monoisotopic (exact) mass is 1170 g/mol. The minimum Gasteiger partial charge on any atom is -0.412 e. The van der Waals surface area contributed by atoms with Crippen molar-refractivity contribution >= 4 is 36.5 Å². The third-order valence-corrected chi connectivity index (χ3v) is 8.82. The standard InChI is InChI=1S/6C9H10O2.H2O.4Zn/c6*1-2-7-3-5-8(6-4-7)9(10)11;;;;;/h6*2-6,9-11H,1H2;1H2;;;;. The van der Waals surface area contributed by atoms with E-state index in [1.807, 2.05) is 0 Å². The Morgan fingerprint density at radius 2 is 0.296 bits per heavy atom. The summed E-state index contributed by atoms with van der Waals surface area (Å²) >= 11 is 0. The van der Waals surface area contributed by atoms with Crippen LogP contribution in [0.1, 0.15) is 105 Å². The SMILES string of the molecule is C=Cc1ccc(C(O)O)cc1.C=Cc1ccc(C(O)O)cc1.C=Cc1ccc(C(O)O)cc1.C=Cc1ccc(C(O)O)cc1.C=Cc1ccc(C(O)O)cc1.C=Cc1ccc(C(O)O)cc1.O.[Zn].[Zn].[Zn].[Zn]. The summed E-state index contributed by atoms with van der Waals surface area (Å²) < 4.78 is 0. The van der Waals surface area contributed by atoms with Gasteiger partial charge in [0.1, 0.15) is 0 Å². The van der Waals surface area contributed by atoms with Crippen LogP contribution in [0, 0.1) is 0 Å². The average Bonchev–Trinajstić information content (AvgIpc) is 3.35. The Kier molecular flexibility index (Phi) is 46.2. The van der Waals surface area contributed by atoms with Gasteiger partial charge in [0.25, 0.3) is 0 Å². The van der Waals surface area contributed by atoms with Crippen molar-refractivity contribution in [2.75, 3.05) is 0 Å². The van der Waals surface area contributed by atoms with Gasteiger partial charge in [-0.1, -0.05) is 222 Å². The van der Waals surface area contributed by atoms with Crippen LogP contribution < -0.4 is 0 Å². The van der Waals surface area contributed by atoms with Crippen molar-refractivity contribution in [3.05, 3.63) is 252 Å². The topological polar surface area (TPSA) is 274 Å². The molecule has 0 atom stereocenters. The van der Waals surface area contributed by atoms with Gasteiger partial charge in [-0.15, -0.1) is 0 Å². The van der Waals surface area contributed by atoms with Crippen LogP contribution >= 0.6 is 0 Å². The number of rotatable bonds is 12.